The smallest absolute Gasteiger partial charge is 0.201 e. The molecular weight excluding hydrogens is 321 g/mol. The molecule has 1 aromatic carbocycles. The summed E-state index contributed by atoms with van der Waals surface area (Å²) in [5, 5.41) is 0. The Morgan fingerprint density at radius 2 is 2.15 bits per heavy atom. The number of anilines is 1. The molecule has 0 aliphatic carbocycles. The van der Waals surface area contributed by atoms with Gasteiger partial charge in [-0.2, -0.15) is 0 Å². The lowest BCUT2D eigenvalue weighted by Gasteiger charge is -2.16. The fourth-order valence-corrected chi connectivity index (χ4v) is 2.84. The van der Waals surface area contributed by atoms with Crippen LogP contribution in [0.4, 0.5) is 10.3 Å². The molecular formula is C15H21BrFN3. The Kier molecular flexibility index (Phi) is 5.02. The molecule has 0 aliphatic heterocycles. The minimum absolute atomic E-state index is 0.305. The molecule has 0 saturated heterocycles. The van der Waals surface area contributed by atoms with Crippen molar-refractivity contribution in [2.75, 3.05) is 5.73 Å². The maximum Gasteiger partial charge on any atom is 0.201 e. The summed E-state index contributed by atoms with van der Waals surface area (Å²) in [5.41, 5.74) is 7.51. The van der Waals surface area contributed by atoms with Gasteiger partial charge in [-0.05, 0) is 34.3 Å². The summed E-state index contributed by atoms with van der Waals surface area (Å²) in [7, 11) is 0. The van der Waals surface area contributed by atoms with Gasteiger partial charge in [-0.3, -0.25) is 0 Å². The van der Waals surface area contributed by atoms with Gasteiger partial charge in [0.25, 0.3) is 0 Å². The van der Waals surface area contributed by atoms with Crippen LogP contribution in [-0.4, -0.2) is 9.55 Å². The number of halogens is 2. The van der Waals surface area contributed by atoms with E-state index in [2.05, 4.69) is 34.8 Å². The molecule has 1 aromatic heterocycles. The predicted molar refractivity (Wildman–Crippen MR) is 85.1 cm³/mol. The zero-order valence-electron chi connectivity index (χ0n) is 12.0. The van der Waals surface area contributed by atoms with Crippen LogP contribution in [0.2, 0.25) is 0 Å². The lowest BCUT2D eigenvalue weighted by atomic mass is 9.99. The molecule has 2 N–H and O–H groups in total. The first-order chi connectivity index (χ1) is 9.56. The molecule has 0 aliphatic rings. The highest BCUT2D eigenvalue weighted by Crippen LogP contribution is 2.27. The minimum atomic E-state index is -0.305. The van der Waals surface area contributed by atoms with E-state index in [-0.39, 0.29) is 5.82 Å². The molecule has 110 valence electrons. The zero-order chi connectivity index (χ0) is 14.7. The quantitative estimate of drug-likeness (QED) is 0.824. The van der Waals surface area contributed by atoms with Gasteiger partial charge in [0.2, 0.25) is 5.95 Å². The summed E-state index contributed by atoms with van der Waals surface area (Å²) in [6.07, 6.45) is 4.73. The number of rotatable bonds is 6. The van der Waals surface area contributed by atoms with Crippen LogP contribution in [-0.2, 0) is 6.54 Å². The summed E-state index contributed by atoms with van der Waals surface area (Å²) in [6, 6.07) is 3.19. The van der Waals surface area contributed by atoms with Crippen molar-refractivity contribution in [2.24, 2.45) is 5.92 Å². The zero-order valence-corrected chi connectivity index (χ0v) is 13.6. The van der Waals surface area contributed by atoms with Crippen LogP contribution >= 0.6 is 15.9 Å². The van der Waals surface area contributed by atoms with Crippen LogP contribution < -0.4 is 5.73 Å². The maximum atomic E-state index is 13.5. The van der Waals surface area contributed by atoms with Gasteiger partial charge in [0.1, 0.15) is 5.82 Å². The second-order valence-electron chi connectivity index (χ2n) is 5.25. The molecule has 2 rings (SSSR count). The number of imidazole rings is 1. The molecule has 0 amide bonds. The molecule has 1 unspecified atom stereocenters. The summed E-state index contributed by atoms with van der Waals surface area (Å²) < 4.78 is 16.0. The van der Waals surface area contributed by atoms with Gasteiger partial charge in [-0.25, -0.2) is 9.37 Å². The molecule has 2 aromatic rings. The van der Waals surface area contributed by atoms with E-state index in [9.17, 15) is 4.39 Å². The van der Waals surface area contributed by atoms with E-state index in [4.69, 9.17) is 5.73 Å². The molecule has 0 fully saturated rings. The number of nitrogens with zero attached hydrogens (tertiary/aromatic N) is 2. The van der Waals surface area contributed by atoms with Crippen LogP contribution in [0.3, 0.4) is 0 Å². The van der Waals surface area contributed by atoms with Crippen molar-refractivity contribution in [3.8, 4) is 0 Å². The Morgan fingerprint density at radius 1 is 1.40 bits per heavy atom. The Bertz CT molecular complexity index is 594. The van der Waals surface area contributed by atoms with E-state index in [1.165, 1.54) is 25.3 Å². The number of hydrogen-bond donors (Lipinski definition) is 1. The molecule has 0 bridgehead atoms. The fourth-order valence-electron chi connectivity index (χ4n) is 2.51. The number of aromatic nitrogens is 2. The highest BCUT2D eigenvalue weighted by Gasteiger charge is 2.15. The standard InChI is InChI=1S/C15H21BrFN3/c1-3-5-6-10(4-2)9-20-14-7-11(16)12(17)8-13(14)19-15(20)18/h7-8,10H,3-6,9H2,1-2H3,(H2,18,19). The number of nitrogens with two attached hydrogens (primary N) is 1. The third-order valence-electron chi connectivity index (χ3n) is 3.80. The Balaban J connectivity index is 2.33. The van der Waals surface area contributed by atoms with Gasteiger partial charge in [-0.1, -0.05) is 33.1 Å². The molecule has 0 spiro atoms. The molecule has 0 saturated carbocycles. The number of hydrogen-bond acceptors (Lipinski definition) is 2. The summed E-state index contributed by atoms with van der Waals surface area (Å²) in [6.45, 7) is 5.25. The van der Waals surface area contributed by atoms with Crippen molar-refractivity contribution in [1.29, 1.82) is 0 Å². The van der Waals surface area contributed by atoms with E-state index in [1.807, 2.05) is 4.57 Å². The molecule has 5 heteroatoms. The molecule has 1 atom stereocenters. The predicted octanol–water partition coefficient (Wildman–Crippen LogP) is 4.74. The van der Waals surface area contributed by atoms with Gasteiger partial charge in [0, 0.05) is 12.6 Å². The van der Waals surface area contributed by atoms with E-state index in [0.717, 1.165) is 18.5 Å². The SMILES string of the molecule is CCCCC(CC)Cn1c(N)nc2cc(F)c(Br)cc21. The molecule has 20 heavy (non-hydrogen) atoms. The topological polar surface area (TPSA) is 43.8 Å². The summed E-state index contributed by atoms with van der Waals surface area (Å²) in [5.74, 6) is 0.742. The average Bonchev–Trinajstić information content (AvgIpc) is 2.71. The third kappa shape index (κ3) is 3.14. The van der Waals surface area contributed by atoms with Crippen LogP contribution in [0.25, 0.3) is 11.0 Å². The lowest BCUT2D eigenvalue weighted by molar-refractivity contribution is 0.397. The highest BCUT2D eigenvalue weighted by molar-refractivity contribution is 9.10. The second kappa shape index (κ2) is 6.57. The molecule has 3 nitrogen and oxygen atoms in total. The summed E-state index contributed by atoms with van der Waals surface area (Å²) in [4.78, 5) is 4.26. The van der Waals surface area contributed by atoms with Gasteiger partial charge in [0.15, 0.2) is 0 Å². The van der Waals surface area contributed by atoms with Crippen molar-refractivity contribution in [3.63, 3.8) is 0 Å². The van der Waals surface area contributed by atoms with Crippen molar-refractivity contribution in [3.05, 3.63) is 22.4 Å². The molecule has 0 radical (unpaired) electrons. The van der Waals surface area contributed by atoms with E-state index < -0.39 is 0 Å². The Morgan fingerprint density at radius 3 is 2.80 bits per heavy atom. The normalized spacial score (nSPS) is 13.0. The van der Waals surface area contributed by atoms with Crippen molar-refractivity contribution < 1.29 is 4.39 Å². The number of nitrogen functional groups attached to an aromatic ring is 1. The van der Waals surface area contributed by atoms with Crippen LogP contribution in [0.5, 0.6) is 0 Å². The van der Waals surface area contributed by atoms with E-state index in [0.29, 0.717) is 21.9 Å². The number of unbranched alkanes of at least 4 members (excludes halogenated alkanes) is 1. The number of fused-ring (bicyclic) bond motifs is 1. The largest absolute Gasteiger partial charge is 0.369 e. The maximum absolute atomic E-state index is 13.5. The first kappa shape index (κ1) is 15.3. The first-order valence-electron chi connectivity index (χ1n) is 7.17. The second-order valence-corrected chi connectivity index (χ2v) is 6.11. The Labute approximate surface area is 127 Å². The lowest BCUT2D eigenvalue weighted by Crippen LogP contribution is -2.12. The highest BCUT2D eigenvalue weighted by atomic mass is 79.9. The fraction of sp³-hybridized carbons (Fsp3) is 0.533. The average molecular weight is 342 g/mol. The van der Waals surface area contributed by atoms with Gasteiger partial charge < -0.3 is 10.3 Å². The third-order valence-corrected chi connectivity index (χ3v) is 4.41. The van der Waals surface area contributed by atoms with Crippen LogP contribution in [0.1, 0.15) is 39.5 Å². The number of benzene rings is 1. The van der Waals surface area contributed by atoms with Gasteiger partial charge in [0.05, 0.1) is 15.5 Å². The van der Waals surface area contributed by atoms with Gasteiger partial charge in [-0.15, -0.1) is 0 Å². The molecule has 1 heterocycles. The minimum Gasteiger partial charge on any atom is -0.369 e. The van der Waals surface area contributed by atoms with Crippen molar-refractivity contribution in [2.45, 2.75) is 46.1 Å². The first-order valence-corrected chi connectivity index (χ1v) is 7.96. The monoisotopic (exact) mass is 341 g/mol. The van der Waals surface area contributed by atoms with Crippen LogP contribution in [0.15, 0.2) is 16.6 Å². The van der Waals surface area contributed by atoms with Crippen molar-refractivity contribution in [1.82, 2.24) is 9.55 Å². The van der Waals surface area contributed by atoms with Gasteiger partial charge >= 0.3 is 0 Å². The summed E-state index contributed by atoms with van der Waals surface area (Å²) >= 11 is 3.23. The Hall–Kier alpha value is -1.10. The van der Waals surface area contributed by atoms with Crippen LogP contribution in [0, 0.1) is 11.7 Å². The van der Waals surface area contributed by atoms with Crippen molar-refractivity contribution >= 4 is 32.9 Å². The van der Waals surface area contributed by atoms with E-state index >= 15 is 0 Å². The van der Waals surface area contributed by atoms with E-state index in [1.54, 1.807) is 6.07 Å².